The van der Waals surface area contributed by atoms with Gasteiger partial charge in [-0.2, -0.15) is 0 Å². The van der Waals surface area contributed by atoms with Gasteiger partial charge in [0.2, 0.25) is 15.9 Å². The van der Waals surface area contributed by atoms with Crippen molar-refractivity contribution < 1.29 is 13.2 Å². The zero-order valence-corrected chi connectivity index (χ0v) is 15.2. The summed E-state index contributed by atoms with van der Waals surface area (Å²) in [4.78, 5) is 14.2. The standard InChI is InChI=1S/C17H27N3O3S/c1-14(2)12-18-17(21)13-20-10-8-15(9-11-20)19-24(22,23)16-6-4-3-5-7-16/h3-7,14-15,19H,8-13H2,1-2H3,(H,18,21). The third kappa shape index (κ3) is 5.89. The molecule has 2 N–H and O–H groups in total. The minimum Gasteiger partial charge on any atom is -0.355 e. The second-order valence-corrected chi connectivity index (χ2v) is 8.40. The van der Waals surface area contributed by atoms with Crippen LogP contribution in [0.4, 0.5) is 0 Å². The summed E-state index contributed by atoms with van der Waals surface area (Å²) < 4.78 is 27.4. The number of carbonyl (C=O) groups is 1. The number of benzene rings is 1. The highest BCUT2D eigenvalue weighted by Crippen LogP contribution is 2.14. The Hall–Kier alpha value is -1.44. The maximum atomic E-state index is 12.3. The van der Waals surface area contributed by atoms with E-state index in [0.29, 0.717) is 36.7 Å². The summed E-state index contributed by atoms with van der Waals surface area (Å²) in [6.07, 6.45) is 1.42. The van der Waals surface area contributed by atoms with Gasteiger partial charge in [0.1, 0.15) is 0 Å². The van der Waals surface area contributed by atoms with Crippen LogP contribution in [0.5, 0.6) is 0 Å². The number of carbonyl (C=O) groups excluding carboxylic acids is 1. The first kappa shape index (κ1) is 18.9. The number of hydrogen-bond donors (Lipinski definition) is 2. The molecule has 1 fully saturated rings. The Morgan fingerprint density at radius 3 is 2.42 bits per heavy atom. The van der Waals surface area contributed by atoms with Crippen LogP contribution in [0.25, 0.3) is 0 Å². The second kappa shape index (κ2) is 8.60. The maximum absolute atomic E-state index is 12.3. The highest BCUT2D eigenvalue weighted by Gasteiger charge is 2.25. The first-order valence-electron chi connectivity index (χ1n) is 8.43. The van der Waals surface area contributed by atoms with Crippen LogP contribution < -0.4 is 10.0 Å². The first-order chi connectivity index (χ1) is 11.4. The van der Waals surface area contributed by atoms with Gasteiger partial charge in [-0.15, -0.1) is 0 Å². The molecule has 1 aliphatic heterocycles. The van der Waals surface area contributed by atoms with Crippen LogP contribution in [0.15, 0.2) is 35.2 Å². The minimum atomic E-state index is -3.47. The average Bonchev–Trinajstić information content (AvgIpc) is 2.55. The monoisotopic (exact) mass is 353 g/mol. The molecule has 0 unspecified atom stereocenters. The first-order valence-corrected chi connectivity index (χ1v) is 9.91. The summed E-state index contributed by atoms with van der Waals surface area (Å²) in [5.74, 6) is 0.471. The molecule has 0 atom stereocenters. The minimum absolute atomic E-state index is 0.0343. The van der Waals surface area contributed by atoms with Gasteiger partial charge in [0.25, 0.3) is 0 Å². The normalized spacial score (nSPS) is 17.1. The van der Waals surface area contributed by atoms with Gasteiger partial charge in [0.15, 0.2) is 0 Å². The lowest BCUT2D eigenvalue weighted by atomic mass is 10.1. The van der Waals surface area contributed by atoms with Crippen LogP contribution in [-0.4, -0.2) is 51.4 Å². The predicted octanol–water partition coefficient (Wildman–Crippen LogP) is 1.20. The molecule has 0 spiro atoms. The van der Waals surface area contributed by atoms with Gasteiger partial charge >= 0.3 is 0 Å². The van der Waals surface area contributed by atoms with E-state index in [0.717, 1.165) is 13.1 Å². The Morgan fingerprint density at radius 2 is 1.83 bits per heavy atom. The van der Waals surface area contributed by atoms with E-state index in [1.54, 1.807) is 30.3 Å². The number of hydrogen-bond acceptors (Lipinski definition) is 4. The van der Waals surface area contributed by atoms with Gasteiger partial charge in [0, 0.05) is 25.7 Å². The predicted molar refractivity (Wildman–Crippen MR) is 94.1 cm³/mol. The Kier molecular flexibility index (Phi) is 6.77. The van der Waals surface area contributed by atoms with Crippen molar-refractivity contribution in [2.45, 2.75) is 37.6 Å². The van der Waals surface area contributed by atoms with Crippen LogP contribution in [-0.2, 0) is 14.8 Å². The fraction of sp³-hybridized carbons (Fsp3) is 0.588. The van der Waals surface area contributed by atoms with E-state index in [2.05, 4.69) is 28.8 Å². The maximum Gasteiger partial charge on any atom is 0.240 e. The number of sulfonamides is 1. The Balaban J connectivity index is 1.78. The van der Waals surface area contributed by atoms with Crippen molar-refractivity contribution >= 4 is 15.9 Å². The van der Waals surface area contributed by atoms with E-state index < -0.39 is 10.0 Å². The largest absolute Gasteiger partial charge is 0.355 e. The topological polar surface area (TPSA) is 78.5 Å². The number of nitrogens with one attached hydrogen (secondary N) is 2. The van der Waals surface area contributed by atoms with Crippen LogP contribution >= 0.6 is 0 Å². The summed E-state index contributed by atoms with van der Waals surface area (Å²) in [6, 6.07) is 8.33. The Morgan fingerprint density at radius 1 is 1.21 bits per heavy atom. The van der Waals surface area contributed by atoms with Gasteiger partial charge in [-0.1, -0.05) is 32.0 Å². The van der Waals surface area contributed by atoms with Crippen molar-refractivity contribution in [1.29, 1.82) is 0 Å². The van der Waals surface area contributed by atoms with Gasteiger partial charge in [-0.3, -0.25) is 9.69 Å². The zero-order chi connectivity index (χ0) is 17.6. The molecule has 0 aromatic heterocycles. The fourth-order valence-electron chi connectivity index (χ4n) is 2.67. The molecular weight excluding hydrogens is 326 g/mol. The fourth-order valence-corrected chi connectivity index (χ4v) is 4.00. The number of amides is 1. The van der Waals surface area contributed by atoms with E-state index in [-0.39, 0.29) is 11.9 Å². The molecule has 7 heteroatoms. The quantitative estimate of drug-likeness (QED) is 0.772. The SMILES string of the molecule is CC(C)CNC(=O)CN1CCC(NS(=O)(=O)c2ccccc2)CC1. The molecule has 1 heterocycles. The van der Waals surface area contributed by atoms with Gasteiger partial charge in [0.05, 0.1) is 11.4 Å². The third-order valence-corrected chi connectivity index (χ3v) is 5.57. The van der Waals surface area contributed by atoms with Crippen molar-refractivity contribution in [1.82, 2.24) is 14.9 Å². The average molecular weight is 353 g/mol. The molecule has 134 valence electrons. The summed E-state index contributed by atoms with van der Waals surface area (Å²) in [6.45, 7) is 6.63. The lowest BCUT2D eigenvalue weighted by Crippen LogP contribution is -2.47. The van der Waals surface area contributed by atoms with E-state index in [4.69, 9.17) is 0 Å². The van der Waals surface area contributed by atoms with Crippen molar-refractivity contribution in [3.05, 3.63) is 30.3 Å². The highest BCUT2D eigenvalue weighted by molar-refractivity contribution is 7.89. The van der Waals surface area contributed by atoms with E-state index in [9.17, 15) is 13.2 Å². The van der Waals surface area contributed by atoms with Gasteiger partial charge in [-0.25, -0.2) is 13.1 Å². The molecule has 1 amide bonds. The smallest absolute Gasteiger partial charge is 0.240 e. The number of nitrogens with zero attached hydrogens (tertiary/aromatic N) is 1. The second-order valence-electron chi connectivity index (χ2n) is 6.68. The molecule has 6 nitrogen and oxygen atoms in total. The van der Waals surface area contributed by atoms with Crippen molar-refractivity contribution in [2.24, 2.45) is 5.92 Å². The number of likely N-dealkylation sites (tertiary alicyclic amines) is 1. The molecule has 24 heavy (non-hydrogen) atoms. The van der Waals surface area contributed by atoms with Crippen molar-refractivity contribution in [3.8, 4) is 0 Å². The summed E-state index contributed by atoms with van der Waals surface area (Å²) in [7, 11) is -3.47. The van der Waals surface area contributed by atoms with E-state index in [1.165, 1.54) is 0 Å². The molecule has 0 radical (unpaired) electrons. The zero-order valence-electron chi connectivity index (χ0n) is 14.4. The lowest BCUT2D eigenvalue weighted by molar-refractivity contribution is -0.122. The molecule has 1 saturated heterocycles. The van der Waals surface area contributed by atoms with Gasteiger partial charge in [-0.05, 0) is 30.9 Å². The molecule has 0 saturated carbocycles. The summed E-state index contributed by atoms with van der Waals surface area (Å²) in [5.41, 5.74) is 0. The lowest BCUT2D eigenvalue weighted by Gasteiger charge is -2.31. The van der Waals surface area contributed by atoms with E-state index in [1.807, 2.05) is 0 Å². The number of rotatable bonds is 7. The third-order valence-electron chi connectivity index (χ3n) is 4.04. The van der Waals surface area contributed by atoms with Crippen LogP contribution in [0.2, 0.25) is 0 Å². The van der Waals surface area contributed by atoms with Crippen LogP contribution in [0.3, 0.4) is 0 Å². The molecule has 1 aliphatic rings. The molecule has 0 bridgehead atoms. The number of piperidine rings is 1. The van der Waals surface area contributed by atoms with Crippen LogP contribution in [0.1, 0.15) is 26.7 Å². The van der Waals surface area contributed by atoms with Gasteiger partial charge < -0.3 is 5.32 Å². The summed E-state index contributed by atoms with van der Waals surface area (Å²) in [5, 5.41) is 2.91. The van der Waals surface area contributed by atoms with E-state index >= 15 is 0 Å². The molecule has 1 aromatic carbocycles. The molecule has 1 aromatic rings. The Bertz CT molecular complexity index is 624. The molecular formula is C17H27N3O3S. The molecule has 2 rings (SSSR count). The Labute approximate surface area is 144 Å². The highest BCUT2D eigenvalue weighted by atomic mass is 32.2. The molecule has 0 aliphatic carbocycles. The van der Waals surface area contributed by atoms with Crippen molar-refractivity contribution in [3.63, 3.8) is 0 Å². The van der Waals surface area contributed by atoms with Crippen molar-refractivity contribution in [2.75, 3.05) is 26.2 Å². The summed E-state index contributed by atoms with van der Waals surface area (Å²) >= 11 is 0. The van der Waals surface area contributed by atoms with Crippen LogP contribution in [0, 0.1) is 5.92 Å².